The molecule has 0 aliphatic rings. The SMILES string of the molecule is COCCOc1cc2oc(=O)n(C(C)C(=O)OCC(N)(CO)CO)c2cc1Cl. The summed E-state index contributed by atoms with van der Waals surface area (Å²) in [5, 5.41) is 18.5. The van der Waals surface area contributed by atoms with E-state index in [1.165, 1.54) is 26.2 Å². The second-order valence-corrected chi connectivity index (χ2v) is 6.70. The Hall–Kier alpha value is -2.11. The molecule has 0 radical (unpaired) electrons. The number of nitrogens with two attached hydrogens (primary N) is 1. The molecule has 1 unspecified atom stereocenters. The molecule has 0 amide bonds. The fraction of sp³-hybridized carbons (Fsp3) is 0.529. The smallest absolute Gasteiger partial charge is 0.420 e. The van der Waals surface area contributed by atoms with Gasteiger partial charge in [0, 0.05) is 13.2 Å². The van der Waals surface area contributed by atoms with E-state index in [1.807, 2.05) is 0 Å². The number of aliphatic hydroxyl groups excluding tert-OH is 2. The maximum Gasteiger partial charge on any atom is 0.420 e. The quantitative estimate of drug-likeness (QED) is 0.360. The molecule has 4 N–H and O–H groups in total. The number of rotatable bonds is 10. The first-order valence-corrected chi connectivity index (χ1v) is 8.77. The van der Waals surface area contributed by atoms with Crippen LogP contribution in [0, 0.1) is 0 Å². The number of carbonyl (C=O) groups is 1. The van der Waals surface area contributed by atoms with Crippen molar-refractivity contribution in [3.8, 4) is 5.75 Å². The van der Waals surface area contributed by atoms with Gasteiger partial charge in [-0.3, -0.25) is 4.57 Å². The van der Waals surface area contributed by atoms with Gasteiger partial charge in [-0.25, -0.2) is 9.59 Å². The van der Waals surface area contributed by atoms with Crippen molar-refractivity contribution in [3.63, 3.8) is 0 Å². The van der Waals surface area contributed by atoms with E-state index in [9.17, 15) is 9.59 Å². The molecule has 0 bridgehead atoms. The van der Waals surface area contributed by atoms with E-state index < -0.39 is 43.1 Å². The van der Waals surface area contributed by atoms with Gasteiger partial charge >= 0.3 is 11.7 Å². The molecular weight excluding hydrogens is 396 g/mol. The van der Waals surface area contributed by atoms with Crippen LogP contribution in [0.4, 0.5) is 0 Å². The molecule has 1 aromatic carbocycles. The molecular formula is C17H23ClN2O8. The van der Waals surface area contributed by atoms with Gasteiger partial charge in [-0.15, -0.1) is 0 Å². The number of methoxy groups -OCH3 is 1. The molecule has 0 spiro atoms. The number of nitrogens with zero attached hydrogens (tertiary/aromatic N) is 1. The Morgan fingerprint density at radius 3 is 2.64 bits per heavy atom. The van der Waals surface area contributed by atoms with Crippen LogP contribution in [0.2, 0.25) is 5.02 Å². The number of fused-ring (bicyclic) bond motifs is 1. The van der Waals surface area contributed by atoms with Crippen molar-refractivity contribution in [2.75, 3.05) is 40.1 Å². The molecule has 156 valence electrons. The maximum atomic E-state index is 12.3. The Morgan fingerprint density at radius 1 is 1.36 bits per heavy atom. The first-order chi connectivity index (χ1) is 13.3. The van der Waals surface area contributed by atoms with Gasteiger partial charge in [0.25, 0.3) is 0 Å². The number of halogens is 1. The second-order valence-electron chi connectivity index (χ2n) is 6.29. The van der Waals surface area contributed by atoms with Crippen LogP contribution in [0.25, 0.3) is 11.1 Å². The van der Waals surface area contributed by atoms with E-state index in [2.05, 4.69) is 0 Å². The summed E-state index contributed by atoms with van der Waals surface area (Å²) in [5.41, 5.74) is 4.65. The van der Waals surface area contributed by atoms with Gasteiger partial charge in [0.15, 0.2) is 5.58 Å². The molecule has 1 aromatic heterocycles. The zero-order chi connectivity index (χ0) is 20.9. The van der Waals surface area contributed by atoms with Crippen molar-refractivity contribution in [3.05, 3.63) is 27.7 Å². The van der Waals surface area contributed by atoms with Crippen molar-refractivity contribution >= 4 is 28.7 Å². The minimum Gasteiger partial charge on any atom is -0.489 e. The summed E-state index contributed by atoms with van der Waals surface area (Å²) in [6.07, 6.45) is 0. The van der Waals surface area contributed by atoms with E-state index in [0.717, 1.165) is 4.57 Å². The van der Waals surface area contributed by atoms with Crippen molar-refractivity contribution in [2.24, 2.45) is 5.73 Å². The van der Waals surface area contributed by atoms with Crippen LogP contribution in [0.1, 0.15) is 13.0 Å². The highest BCUT2D eigenvalue weighted by Gasteiger charge is 2.29. The number of oxazole rings is 1. The van der Waals surface area contributed by atoms with Crippen LogP contribution in [0.5, 0.6) is 5.75 Å². The van der Waals surface area contributed by atoms with E-state index in [-0.39, 0.29) is 22.7 Å². The van der Waals surface area contributed by atoms with Gasteiger partial charge in [-0.05, 0) is 13.0 Å². The van der Waals surface area contributed by atoms with Gasteiger partial charge < -0.3 is 34.6 Å². The van der Waals surface area contributed by atoms with Crippen LogP contribution in [-0.4, -0.2) is 66.4 Å². The van der Waals surface area contributed by atoms with Gasteiger partial charge in [-0.1, -0.05) is 11.6 Å². The van der Waals surface area contributed by atoms with E-state index >= 15 is 0 Å². The lowest BCUT2D eigenvalue weighted by atomic mass is 10.1. The lowest BCUT2D eigenvalue weighted by molar-refractivity contribution is -0.150. The monoisotopic (exact) mass is 418 g/mol. The fourth-order valence-electron chi connectivity index (χ4n) is 2.33. The van der Waals surface area contributed by atoms with Crippen molar-refractivity contribution < 1.29 is 33.6 Å². The normalized spacial score (nSPS) is 12.9. The second kappa shape index (κ2) is 9.39. The summed E-state index contributed by atoms with van der Waals surface area (Å²) < 4.78 is 21.7. The molecule has 1 heterocycles. The average molecular weight is 419 g/mol. The van der Waals surface area contributed by atoms with Crippen molar-refractivity contribution in [1.29, 1.82) is 0 Å². The Labute approximate surface area is 165 Å². The molecule has 0 saturated carbocycles. The molecule has 28 heavy (non-hydrogen) atoms. The number of hydrogen-bond donors (Lipinski definition) is 3. The number of esters is 1. The van der Waals surface area contributed by atoms with Gasteiger partial charge in [0.05, 0.1) is 35.9 Å². The number of carbonyl (C=O) groups excluding carboxylic acids is 1. The molecule has 0 aliphatic carbocycles. The molecule has 1 atom stereocenters. The van der Waals surface area contributed by atoms with E-state index in [0.29, 0.717) is 12.4 Å². The summed E-state index contributed by atoms with van der Waals surface area (Å²) in [5.74, 6) is -1.27. The lowest BCUT2D eigenvalue weighted by Crippen LogP contribution is -2.52. The summed E-state index contributed by atoms with van der Waals surface area (Å²) in [4.78, 5) is 24.6. The summed E-state index contributed by atoms with van der Waals surface area (Å²) in [6, 6.07) is 1.83. The number of aromatic nitrogens is 1. The first-order valence-electron chi connectivity index (χ1n) is 8.40. The predicted octanol–water partition coefficient (Wildman–Crippen LogP) is 0.0594. The summed E-state index contributed by atoms with van der Waals surface area (Å²) in [7, 11) is 1.53. The summed E-state index contributed by atoms with van der Waals surface area (Å²) in [6.45, 7) is 0.457. The van der Waals surface area contributed by atoms with Crippen molar-refractivity contribution in [2.45, 2.75) is 18.5 Å². The Morgan fingerprint density at radius 2 is 2.04 bits per heavy atom. The minimum atomic E-state index is -1.48. The van der Waals surface area contributed by atoms with Crippen LogP contribution in [-0.2, 0) is 14.3 Å². The molecule has 0 aliphatic heterocycles. The summed E-state index contributed by atoms with van der Waals surface area (Å²) >= 11 is 6.20. The number of ether oxygens (including phenoxy) is 3. The average Bonchev–Trinajstić information content (AvgIpc) is 3.00. The van der Waals surface area contributed by atoms with Gasteiger partial charge in [0.1, 0.15) is 25.0 Å². The van der Waals surface area contributed by atoms with Crippen LogP contribution in [0.3, 0.4) is 0 Å². The molecule has 2 rings (SSSR count). The predicted molar refractivity (Wildman–Crippen MR) is 99.6 cm³/mol. The third-order valence-corrected chi connectivity index (χ3v) is 4.37. The highest BCUT2D eigenvalue weighted by Crippen LogP contribution is 2.31. The van der Waals surface area contributed by atoms with E-state index in [1.54, 1.807) is 0 Å². The lowest BCUT2D eigenvalue weighted by Gasteiger charge is -2.24. The fourth-order valence-corrected chi connectivity index (χ4v) is 2.54. The molecule has 0 fully saturated rings. The Balaban J connectivity index is 2.26. The van der Waals surface area contributed by atoms with Crippen LogP contribution in [0.15, 0.2) is 21.3 Å². The van der Waals surface area contributed by atoms with Gasteiger partial charge in [-0.2, -0.15) is 0 Å². The molecule has 0 saturated heterocycles. The molecule has 2 aromatic rings. The Bertz CT molecular complexity index is 874. The molecule has 10 nitrogen and oxygen atoms in total. The van der Waals surface area contributed by atoms with Crippen LogP contribution < -0.4 is 16.2 Å². The number of aliphatic hydroxyl groups is 2. The standard InChI is InChI=1S/C17H23ClN2O8/c1-10(15(23)27-9-17(19,7-21)8-22)20-12-5-11(18)13(26-4-3-25-2)6-14(12)28-16(20)24/h5-6,10,21-22H,3-4,7-9,19H2,1-2H3. The Kier molecular flexibility index (Phi) is 7.44. The van der Waals surface area contributed by atoms with Gasteiger partial charge in [0.2, 0.25) is 0 Å². The zero-order valence-electron chi connectivity index (χ0n) is 15.5. The highest BCUT2D eigenvalue weighted by atomic mass is 35.5. The zero-order valence-corrected chi connectivity index (χ0v) is 16.3. The largest absolute Gasteiger partial charge is 0.489 e. The number of benzene rings is 1. The maximum absolute atomic E-state index is 12.3. The van der Waals surface area contributed by atoms with Crippen LogP contribution >= 0.6 is 11.6 Å². The first kappa shape index (κ1) is 22.2. The highest BCUT2D eigenvalue weighted by molar-refractivity contribution is 6.32. The number of hydrogen-bond acceptors (Lipinski definition) is 9. The minimum absolute atomic E-state index is 0.181. The third-order valence-electron chi connectivity index (χ3n) is 4.07. The van der Waals surface area contributed by atoms with E-state index in [4.69, 9.17) is 46.2 Å². The topological polar surface area (TPSA) is 146 Å². The third kappa shape index (κ3) is 4.83. The molecule has 11 heteroatoms. The van der Waals surface area contributed by atoms with Crippen molar-refractivity contribution in [1.82, 2.24) is 4.57 Å².